The highest BCUT2D eigenvalue weighted by Crippen LogP contribution is 2.19. The van der Waals surface area contributed by atoms with Crippen LogP contribution in [0.15, 0.2) is 11.1 Å². The first-order valence-electron chi connectivity index (χ1n) is 6.94. The first-order valence-corrected chi connectivity index (χ1v) is 9.99. The number of aromatic nitrogens is 2. The third-order valence-electron chi connectivity index (χ3n) is 2.44. The second-order valence-electron chi connectivity index (χ2n) is 4.55. The van der Waals surface area contributed by atoms with Crippen molar-refractivity contribution >= 4 is 27.4 Å². The molecule has 1 N–H and O–H groups in total. The van der Waals surface area contributed by atoms with Gasteiger partial charge in [0.1, 0.15) is 27.3 Å². The molecule has 0 radical (unpaired) electrons. The van der Waals surface area contributed by atoms with Gasteiger partial charge in [0, 0.05) is 31.2 Å². The third kappa shape index (κ3) is 8.23. The average molecular weight is 333 g/mol. The average Bonchev–Trinajstić information content (AvgIpc) is 2.41. The van der Waals surface area contributed by atoms with Crippen LogP contribution in [0.2, 0.25) is 0 Å². The van der Waals surface area contributed by atoms with E-state index in [0.717, 1.165) is 23.8 Å². The van der Waals surface area contributed by atoms with E-state index in [4.69, 9.17) is 4.74 Å². The maximum atomic E-state index is 11.2. The van der Waals surface area contributed by atoms with E-state index in [1.54, 1.807) is 0 Å². The molecule has 0 amide bonds. The highest BCUT2D eigenvalue weighted by molar-refractivity contribution is 8.00. The molecule has 1 aromatic heterocycles. The summed E-state index contributed by atoms with van der Waals surface area (Å²) in [6.45, 7) is 5.79. The fourth-order valence-corrected chi connectivity index (χ4v) is 3.56. The van der Waals surface area contributed by atoms with Gasteiger partial charge in [-0.05, 0) is 13.3 Å². The van der Waals surface area contributed by atoms with Crippen molar-refractivity contribution < 1.29 is 13.2 Å². The predicted molar refractivity (Wildman–Crippen MR) is 86.6 cm³/mol. The van der Waals surface area contributed by atoms with Gasteiger partial charge in [-0.15, -0.1) is 11.8 Å². The molecule has 0 aliphatic rings. The van der Waals surface area contributed by atoms with E-state index in [1.807, 2.05) is 13.0 Å². The smallest absolute Gasteiger partial charge is 0.157 e. The number of hydrogen-bond donors (Lipinski definition) is 1. The maximum absolute atomic E-state index is 11.2. The van der Waals surface area contributed by atoms with Gasteiger partial charge >= 0.3 is 0 Å². The third-order valence-corrected chi connectivity index (χ3v) is 4.56. The molecule has 21 heavy (non-hydrogen) atoms. The number of rotatable bonds is 10. The molecule has 1 aromatic rings. The van der Waals surface area contributed by atoms with E-state index in [1.165, 1.54) is 18.0 Å². The minimum atomic E-state index is -2.95. The number of sulfone groups is 1. The van der Waals surface area contributed by atoms with Crippen molar-refractivity contribution in [2.75, 3.05) is 36.2 Å². The Hall–Kier alpha value is -0.860. The topological polar surface area (TPSA) is 81.2 Å². The quantitative estimate of drug-likeness (QED) is 0.518. The maximum Gasteiger partial charge on any atom is 0.157 e. The van der Waals surface area contributed by atoms with Crippen LogP contribution in [-0.4, -0.2) is 49.3 Å². The van der Waals surface area contributed by atoms with E-state index in [-0.39, 0.29) is 5.75 Å². The number of nitrogens with zero attached hydrogens (tertiary/aromatic N) is 2. The molecule has 1 heterocycles. The van der Waals surface area contributed by atoms with Gasteiger partial charge in [-0.2, -0.15) is 0 Å². The van der Waals surface area contributed by atoms with E-state index in [9.17, 15) is 8.42 Å². The molecule has 0 bridgehead atoms. The summed E-state index contributed by atoms with van der Waals surface area (Å²) in [6.07, 6.45) is 2.24. The lowest BCUT2D eigenvalue weighted by atomic mass is 10.4. The number of nitrogens with one attached hydrogen (secondary N) is 1. The summed E-state index contributed by atoms with van der Waals surface area (Å²) in [6, 6.07) is 1.85. The number of ether oxygens (including phenoxy) is 1. The summed E-state index contributed by atoms with van der Waals surface area (Å²) in [5, 5.41) is 3.99. The molecule has 0 saturated carbocycles. The van der Waals surface area contributed by atoms with Gasteiger partial charge < -0.3 is 10.1 Å². The zero-order chi connectivity index (χ0) is 15.7. The molecule has 0 saturated heterocycles. The van der Waals surface area contributed by atoms with E-state index < -0.39 is 9.84 Å². The Kier molecular flexibility index (Phi) is 7.98. The molecule has 0 spiro atoms. The highest BCUT2D eigenvalue weighted by atomic mass is 32.2. The van der Waals surface area contributed by atoms with Crippen molar-refractivity contribution in [3.05, 3.63) is 11.9 Å². The summed E-state index contributed by atoms with van der Waals surface area (Å²) in [5.41, 5.74) is 0. The van der Waals surface area contributed by atoms with Crippen molar-refractivity contribution in [2.24, 2.45) is 0 Å². The molecular formula is C13H23N3O3S2. The van der Waals surface area contributed by atoms with Gasteiger partial charge in [0.25, 0.3) is 0 Å². The van der Waals surface area contributed by atoms with Crippen molar-refractivity contribution in [2.45, 2.75) is 31.9 Å². The summed E-state index contributed by atoms with van der Waals surface area (Å²) < 4.78 is 27.7. The number of thioether (sulfide) groups is 1. The molecule has 120 valence electrons. The lowest BCUT2D eigenvalue weighted by Gasteiger charge is -2.09. The largest absolute Gasteiger partial charge is 0.374 e. The Labute approximate surface area is 131 Å². The van der Waals surface area contributed by atoms with Crippen molar-refractivity contribution in [1.82, 2.24) is 9.97 Å². The first-order chi connectivity index (χ1) is 9.94. The SMILES string of the molecule is CCCNc1cc(SCCS(C)(=O)=O)nc(COCC)n1. The Morgan fingerprint density at radius 2 is 2.10 bits per heavy atom. The molecule has 1 rings (SSSR count). The number of hydrogen-bond acceptors (Lipinski definition) is 7. The Morgan fingerprint density at radius 3 is 2.71 bits per heavy atom. The summed E-state index contributed by atoms with van der Waals surface area (Å²) >= 11 is 1.42. The summed E-state index contributed by atoms with van der Waals surface area (Å²) in [4.78, 5) is 8.78. The molecule has 8 heteroatoms. The first kappa shape index (κ1) is 18.2. The van der Waals surface area contributed by atoms with Crippen LogP contribution in [0.5, 0.6) is 0 Å². The van der Waals surface area contributed by atoms with Crippen LogP contribution >= 0.6 is 11.8 Å². The molecule has 0 aliphatic heterocycles. The van der Waals surface area contributed by atoms with Crippen molar-refractivity contribution in [3.8, 4) is 0 Å². The van der Waals surface area contributed by atoms with Crippen LogP contribution in [-0.2, 0) is 21.2 Å². The number of anilines is 1. The van der Waals surface area contributed by atoms with Gasteiger partial charge in [0.05, 0.1) is 5.75 Å². The summed E-state index contributed by atoms with van der Waals surface area (Å²) in [5.74, 6) is 1.99. The van der Waals surface area contributed by atoms with Crippen LogP contribution in [0.1, 0.15) is 26.1 Å². The second kappa shape index (κ2) is 9.22. The molecule has 0 aromatic carbocycles. The predicted octanol–water partition coefficient (Wildman–Crippen LogP) is 1.97. The second-order valence-corrected chi connectivity index (χ2v) is 7.92. The molecule has 0 aliphatic carbocycles. The standard InChI is InChI=1S/C13H23N3O3S2/c1-4-6-14-11-9-13(20-7-8-21(3,17)18)16-12(15-11)10-19-5-2/h9H,4-8,10H2,1-3H3,(H,14,15,16). The van der Waals surface area contributed by atoms with E-state index >= 15 is 0 Å². The van der Waals surface area contributed by atoms with Gasteiger partial charge in [-0.1, -0.05) is 6.92 Å². The van der Waals surface area contributed by atoms with Crippen molar-refractivity contribution in [1.29, 1.82) is 0 Å². The zero-order valence-corrected chi connectivity index (χ0v) is 14.4. The van der Waals surface area contributed by atoms with Gasteiger partial charge in [-0.3, -0.25) is 0 Å². The summed E-state index contributed by atoms with van der Waals surface area (Å²) in [7, 11) is -2.95. The van der Waals surface area contributed by atoms with Crippen LogP contribution in [0.3, 0.4) is 0 Å². The molecule has 0 unspecified atom stereocenters. The monoisotopic (exact) mass is 333 g/mol. The van der Waals surface area contributed by atoms with E-state index in [0.29, 0.717) is 24.8 Å². The Bertz CT molecular complexity index is 509. The Morgan fingerprint density at radius 1 is 1.33 bits per heavy atom. The minimum Gasteiger partial charge on any atom is -0.374 e. The van der Waals surface area contributed by atoms with E-state index in [2.05, 4.69) is 22.2 Å². The van der Waals surface area contributed by atoms with Crippen molar-refractivity contribution in [3.63, 3.8) is 0 Å². The van der Waals surface area contributed by atoms with Crippen LogP contribution in [0, 0.1) is 0 Å². The molecule has 0 fully saturated rings. The van der Waals surface area contributed by atoms with Gasteiger partial charge in [0.15, 0.2) is 5.82 Å². The van der Waals surface area contributed by atoms with Gasteiger partial charge in [-0.25, -0.2) is 18.4 Å². The molecule has 6 nitrogen and oxygen atoms in total. The van der Waals surface area contributed by atoms with Crippen LogP contribution in [0.4, 0.5) is 5.82 Å². The van der Waals surface area contributed by atoms with Crippen LogP contribution < -0.4 is 5.32 Å². The lowest BCUT2D eigenvalue weighted by molar-refractivity contribution is 0.128. The minimum absolute atomic E-state index is 0.139. The molecular weight excluding hydrogens is 310 g/mol. The zero-order valence-electron chi connectivity index (χ0n) is 12.8. The fraction of sp³-hybridized carbons (Fsp3) is 0.692. The highest BCUT2D eigenvalue weighted by Gasteiger charge is 2.08. The van der Waals surface area contributed by atoms with Crippen LogP contribution in [0.25, 0.3) is 0 Å². The van der Waals surface area contributed by atoms with Gasteiger partial charge in [0.2, 0.25) is 0 Å². The Balaban J connectivity index is 2.74. The molecule has 0 atom stereocenters. The lowest BCUT2D eigenvalue weighted by Crippen LogP contribution is -2.08. The normalized spacial score (nSPS) is 11.6. The fourth-order valence-electron chi connectivity index (χ4n) is 1.45.